The summed E-state index contributed by atoms with van der Waals surface area (Å²) in [5.74, 6) is 0.766. The summed E-state index contributed by atoms with van der Waals surface area (Å²) in [5, 5.41) is 3.58. The van der Waals surface area contributed by atoms with Gasteiger partial charge in [0.2, 0.25) is 0 Å². The molecule has 0 aromatic heterocycles. The quantitative estimate of drug-likeness (QED) is 0.864. The number of hydrogen-bond donors (Lipinski definition) is 1. The molecule has 2 rings (SSSR count). The van der Waals surface area contributed by atoms with Gasteiger partial charge >= 0.3 is 0 Å². The van der Waals surface area contributed by atoms with Gasteiger partial charge in [0.1, 0.15) is 5.82 Å². The van der Waals surface area contributed by atoms with Gasteiger partial charge < -0.3 is 5.32 Å². The second-order valence-electron chi connectivity index (χ2n) is 5.25. The molecule has 1 aromatic rings. The molecule has 1 aliphatic carbocycles. The van der Waals surface area contributed by atoms with Gasteiger partial charge in [-0.25, -0.2) is 4.39 Å². The molecule has 3 unspecified atom stereocenters. The third-order valence-corrected chi connectivity index (χ3v) is 4.71. The molecule has 1 fully saturated rings. The zero-order valence-corrected chi connectivity index (χ0v) is 12.6. The number of nitrogens with one attached hydrogen (secondary N) is 1. The van der Waals surface area contributed by atoms with Crippen LogP contribution in [0.4, 0.5) is 4.39 Å². The standard InChI is InChI=1S/C15H21BrFN/c1-3-9-18-14-8-7-11(10(14)2)12-5-4-6-13(16)15(12)17/h4-6,10-11,14,18H,3,7-9H2,1-2H3. The molecule has 0 bridgehead atoms. The Hall–Kier alpha value is -0.410. The number of rotatable bonds is 4. The Kier molecular flexibility index (Phi) is 4.79. The van der Waals surface area contributed by atoms with Gasteiger partial charge in [-0.3, -0.25) is 0 Å². The Morgan fingerprint density at radius 3 is 2.89 bits per heavy atom. The first-order chi connectivity index (χ1) is 8.65. The lowest BCUT2D eigenvalue weighted by molar-refractivity contribution is 0.399. The molecule has 0 saturated heterocycles. The van der Waals surface area contributed by atoms with Crippen LogP contribution in [0.25, 0.3) is 0 Å². The maximum atomic E-state index is 14.1. The van der Waals surface area contributed by atoms with Gasteiger partial charge in [-0.05, 0) is 65.2 Å². The van der Waals surface area contributed by atoms with Gasteiger partial charge in [0, 0.05) is 6.04 Å². The van der Waals surface area contributed by atoms with E-state index in [1.165, 1.54) is 0 Å². The van der Waals surface area contributed by atoms with E-state index in [2.05, 4.69) is 35.1 Å². The SMILES string of the molecule is CCCNC1CCC(c2cccc(Br)c2F)C1C. The zero-order chi connectivity index (χ0) is 13.1. The van der Waals surface area contributed by atoms with E-state index in [0.717, 1.165) is 31.4 Å². The molecule has 1 aliphatic rings. The van der Waals surface area contributed by atoms with Crippen molar-refractivity contribution in [1.82, 2.24) is 5.32 Å². The highest BCUT2D eigenvalue weighted by atomic mass is 79.9. The van der Waals surface area contributed by atoms with Crippen molar-refractivity contribution >= 4 is 15.9 Å². The van der Waals surface area contributed by atoms with E-state index in [4.69, 9.17) is 0 Å². The van der Waals surface area contributed by atoms with E-state index in [9.17, 15) is 4.39 Å². The van der Waals surface area contributed by atoms with Crippen molar-refractivity contribution in [3.63, 3.8) is 0 Å². The van der Waals surface area contributed by atoms with Gasteiger partial charge in [-0.1, -0.05) is 26.0 Å². The Bertz CT molecular complexity index is 407. The average molecular weight is 314 g/mol. The second kappa shape index (κ2) is 6.16. The van der Waals surface area contributed by atoms with Crippen molar-refractivity contribution in [1.29, 1.82) is 0 Å². The van der Waals surface area contributed by atoms with E-state index < -0.39 is 0 Å². The van der Waals surface area contributed by atoms with Gasteiger partial charge in [-0.15, -0.1) is 0 Å². The zero-order valence-electron chi connectivity index (χ0n) is 11.0. The van der Waals surface area contributed by atoms with Crippen LogP contribution < -0.4 is 5.32 Å². The van der Waals surface area contributed by atoms with Crippen LogP contribution in [0.15, 0.2) is 22.7 Å². The number of halogens is 2. The summed E-state index contributed by atoms with van der Waals surface area (Å²) < 4.78 is 14.7. The molecule has 1 nitrogen and oxygen atoms in total. The largest absolute Gasteiger partial charge is 0.314 e. The molecule has 0 heterocycles. The lowest BCUT2D eigenvalue weighted by Gasteiger charge is -2.22. The minimum Gasteiger partial charge on any atom is -0.314 e. The monoisotopic (exact) mass is 313 g/mol. The lowest BCUT2D eigenvalue weighted by Crippen LogP contribution is -2.32. The summed E-state index contributed by atoms with van der Waals surface area (Å²) in [4.78, 5) is 0. The highest BCUT2D eigenvalue weighted by Gasteiger charge is 2.34. The number of hydrogen-bond acceptors (Lipinski definition) is 1. The third kappa shape index (κ3) is 2.77. The fourth-order valence-corrected chi connectivity index (χ4v) is 3.41. The third-order valence-electron chi connectivity index (χ3n) is 4.10. The molecule has 0 spiro atoms. The van der Waals surface area contributed by atoms with Crippen LogP contribution in [0.3, 0.4) is 0 Å². The van der Waals surface area contributed by atoms with E-state index in [0.29, 0.717) is 22.4 Å². The summed E-state index contributed by atoms with van der Waals surface area (Å²) in [7, 11) is 0. The van der Waals surface area contributed by atoms with Crippen molar-refractivity contribution in [2.75, 3.05) is 6.54 Å². The maximum absolute atomic E-state index is 14.1. The van der Waals surface area contributed by atoms with E-state index in [-0.39, 0.29) is 5.82 Å². The molecule has 18 heavy (non-hydrogen) atoms. The van der Waals surface area contributed by atoms with Crippen molar-refractivity contribution < 1.29 is 4.39 Å². The molecule has 0 amide bonds. The van der Waals surface area contributed by atoms with Crippen LogP contribution in [0.2, 0.25) is 0 Å². The predicted octanol–water partition coefficient (Wildman–Crippen LogP) is 4.47. The van der Waals surface area contributed by atoms with E-state index in [1.807, 2.05) is 12.1 Å². The number of benzene rings is 1. The minimum absolute atomic E-state index is 0.0782. The fraction of sp³-hybridized carbons (Fsp3) is 0.600. The van der Waals surface area contributed by atoms with Crippen molar-refractivity contribution in [3.8, 4) is 0 Å². The Morgan fingerprint density at radius 2 is 2.17 bits per heavy atom. The molecule has 3 atom stereocenters. The van der Waals surface area contributed by atoms with Crippen molar-refractivity contribution in [3.05, 3.63) is 34.1 Å². The smallest absolute Gasteiger partial charge is 0.140 e. The Labute approximate surface area is 117 Å². The van der Waals surface area contributed by atoms with Gasteiger partial charge in [0.15, 0.2) is 0 Å². The Balaban J connectivity index is 2.13. The van der Waals surface area contributed by atoms with Crippen molar-refractivity contribution in [2.45, 2.75) is 45.1 Å². The summed E-state index contributed by atoms with van der Waals surface area (Å²) in [6.45, 7) is 5.48. The molecular weight excluding hydrogens is 293 g/mol. The summed E-state index contributed by atoms with van der Waals surface area (Å²) in [6.07, 6.45) is 3.38. The van der Waals surface area contributed by atoms with Gasteiger partial charge in [0.05, 0.1) is 4.47 Å². The second-order valence-corrected chi connectivity index (χ2v) is 6.10. The summed E-state index contributed by atoms with van der Waals surface area (Å²) in [5.41, 5.74) is 0.873. The maximum Gasteiger partial charge on any atom is 0.140 e. The van der Waals surface area contributed by atoms with Crippen LogP contribution in [0.1, 0.15) is 44.6 Å². The Morgan fingerprint density at radius 1 is 1.39 bits per heavy atom. The summed E-state index contributed by atoms with van der Waals surface area (Å²) >= 11 is 3.28. The van der Waals surface area contributed by atoms with E-state index >= 15 is 0 Å². The van der Waals surface area contributed by atoms with Crippen LogP contribution in [-0.2, 0) is 0 Å². The minimum atomic E-state index is -0.0782. The average Bonchev–Trinajstić information content (AvgIpc) is 2.72. The molecule has 1 saturated carbocycles. The van der Waals surface area contributed by atoms with E-state index in [1.54, 1.807) is 6.07 Å². The highest BCUT2D eigenvalue weighted by Crippen LogP contribution is 2.41. The van der Waals surface area contributed by atoms with Gasteiger partial charge in [-0.2, -0.15) is 0 Å². The molecule has 1 aromatic carbocycles. The van der Waals surface area contributed by atoms with Crippen LogP contribution in [0, 0.1) is 11.7 Å². The molecule has 100 valence electrons. The summed E-state index contributed by atoms with van der Waals surface area (Å²) in [6, 6.07) is 6.17. The predicted molar refractivity (Wildman–Crippen MR) is 77.3 cm³/mol. The first-order valence-electron chi connectivity index (χ1n) is 6.82. The normalized spacial score (nSPS) is 27.7. The lowest BCUT2D eigenvalue weighted by atomic mass is 9.88. The molecule has 1 N–H and O–H groups in total. The van der Waals surface area contributed by atoms with Gasteiger partial charge in [0.25, 0.3) is 0 Å². The van der Waals surface area contributed by atoms with Crippen LogP contribution >= 0.6 is 15.9 Å². The molecule has 0 aliphatic heterocycles. The first-order valence-corrected chi connectivity index (χ1v) is 7.61. The first kappa shape index (κ1) is 14.0. The van der Waals surface area contributed by atoms with Crippen molar-refractivity contribution in [2.24, 2.45) is 5.92 Å². The topological polar surface area (TPSA) is 12.0 Å². The van der Waals surface area contributed by atoms with Crippen LogP contribution in [-0.4, -0.2) is 12.6 Å². The van der Waals surface area contributed by atoms with Crippen LogP contribution in [0.5, 0.6) is 0 Å². The highest BCUT2D eigenvalue weighted by molar-refractivity contribution is 9.10. The molecule has 3 heteroatoms. The fourth-order valence-electron chi connectivity index (χ4n) is 3.03. The molecular formula is C15H21BrFN. The molecule has 0 radical (unpaired) electrons.